The number of cyclic esters (lactones) is 2. The minimum absolute atomic E-state index is 0.116. The summed E-state index contributed by atoms with van der Waals surface area (Å²) in [7, 11) is 0. The molecule has 90 valence electrons. The van der Waals surface area contributed by atoms with E-state index in [4.69, 9.17) is 11.1 Å². The topological polar surface area (TPSA) is 138 Å². The molecule has 0 radical (unpaired) electrons. The van der Waals surface area contributed by atoms with Crippen molar-refractivity contribution < 1.29 is 23.9 Å². The summed E-state index contributed by atoms with van der Waals surface area (Å²) in [5.74, 6) is -0.916. The summed E-state index contributed by atoms with van der Waals surface area (Å²) >= 11 is 0. The van der Waals surface area contributed by atoms with Crippen LogP contribution in [-0.4, -0.2) is 41.7 Å². The maximum atomic E-state index is 10.5. The molecule has 0 aromatic carbocycles. The Hall–Kier alpha value is -2.37. The molecular formula is C8H9N5O4. The molecule has 2 aliphatic rings. The van der Waals surface area contributed by atoms with Crippen molar-refractivity contribution in [1.29, 1.82) is 0 Å². The molecule has 0 N–H and O–H groups in total. The molecule has 0 aromatic heterocycles. The third-order valence-corrected chi connectivity index (χ3v) is 2.03. The van der Waals surface area contributed by atoms with Crippen LogP contribution in [0.3, 0.4) is 0 Å². The third-order valence-electron chi connectivity index (χ3n) is 2.03. The van der Waals surface area contributed by atoms with Crippen molar-refractivity contribution >= 4 is 17.7 Å². The second-order valence-electron chi connectivity index (χ2n) is 3.11. The zero-order valence-electron chi connectivity index (χ0n) is 8.77. The number of carbonyl (C=O) groups is 2. The Labute approximate surface area is 95.6 Å². The van der Waals surface area contributed by atoms with Crippen molar-refractivity contribution in [2.24, 2.45) is 5.11 Å². The summed E-state index contributed by atoms with van der Waals surface area (Å²) in [5, 5.41) is 3.21. The zero-order chi connectivity index (χ0) is 12.7. The van der Waals surface area contributed by atoms with Gasteiger partial charge in [-0.3, -0.25) is 4.79 Å². The van der Waals surface area contributed by atoms with Gasteiger partial charge in [0.15, 0.2) is 0 Å². The molecule has 17 heavy (non-hydrogen) atoms. The number of esters is 2. The van der Waals surface area contributed by atoms with E-state index in [9.17, 15) is 9.59 Å². The monoisotopic (exact) mass is 239 g/mol. The summed E-state index contributed by atoms with van der Waals surface area (Å²) < 4.78 is 8.94. The van der Waals surface area contributed by atoms with Gasteiger partial charge in [0.05, 0.1) is 13.0 Å². The van der Waals surface area contributed by atoms with Gasteiger partial charge < -0.3 is 15.0 Å². The summed E-state index contributed by atoms with van der Waals surface area (Å²) in [4.78, 5) is 26.0. The van der Waals surface area contributed by atoms with Crippen LogP contribution in [0.1, 0.15) is 12.8 Å². The molecule has 0 aromatic rings. The number of nitrogens with zero attached hydrogens (tertiary/aromatic N) is 5. The van der Waals surface area contributed by atoms with Gasteiger partial charge in [0.1, 0.15) is 12.6 Å². The standard InChI is InChI=1S/C4H5N3O2.C4H4N2O2/c5-7-6-3-1-2-9-4(3)8;5-6-3-1-2-8-4(3)7/h3H,1-2H2;1-2H2. The maximum Gasteiger partial charge on any atom is 0.417 e. The molecule has 1 unspecified atom stereocenters. The average Bonchev–Trinajstić information content (AvgIpc) is 2.90. The van der Waals surface area contributed by atoms with Gasteiger partial charge in [-0.05, 0) is 5.53 Å². The number of ether oxygens (including phenoxy) is 2. The molecule has 0 saturated carbocycles. The SMILES string of the molecule is [N-]=[N+]=C1CCOC1=O.[N-]=[N+]=NC1CCOC1=O. The molecule has 2 fully saturated rings. The lowest BCUT2D eigenvalue weighted by Gasteiger charge is -1.89. The molecule has 2 aliphatic heterocycles. The predicted molar refractivity (Wildman–Crippen MR) is 52.7 cm³/mol. The molecule has 0 amide bonds. The van der Waals surface area contributed by atoms with Gasteiger partial charge in [0.2, 0.25) is 0 Å². The second kappa shape index (κ2) is 6.26. The molecule has 0 aliphatic carbocycles. The fourth-order valence-corrected chi connectivity index (χ4v) is 1.17. The van der Waals surface area contributed by atoms with Gasteiger partial charge in [-0.1, -0.05) is 5.11 Å². The second-order valence-corrected chi connectivity index (χ2v) is 3.11. The first kappa shape index (κ1) is 12.7. The molecule has 2 heterocycles. The van der Waals surface area contributed by atoms with Crippen molar-refractivity contribution in [2.75, 3.05) is 13.2 Å². The van der Waals surface area contributed by atoms with Gasteiger partial charge in [-0.25, -0.2) is 4.79 Å². The Bertz CT molecular complexity index is 422. The van der Waals surface area contributed by atoms with Crippen molar-refractivity contribution in [3.8, 4) is 0 Å². The fourth-order valence-electron chi connectivity index (χ4n) is 1.17. The van der Waals surface area contributed by atoms with E-state index in [0.29, 0.717) is 26.1 Å². The van der Waals surface area contributed by atoms with Gasteiger partial charge in [-0.15, -0.1) is 0 Å². The summed E-state index contributed by atoms with van der Waals surface area (Å²) in [5.41, 5.74) is 16.0. The Morgan fingerprint density at radius 3 is 2.35 bits per heavy atom. The van der Waals surface area contributed by atoms with Gasteiger partial charge >= 0.3 is 17.7 Å². The van der Waals surface area contributed by atoms with Crippen molar-refractivity contribution in [2.45, 2.75) is 18.9 Å². The minimum Gasteiger partial charge on any atom is -0.465 e. The van der Waals surface area contributed by atoms with Gasteiger partial charge in [0, 0.05) is 11.3 Å². The van der Waals surface area contributed by atoms with Crippen molar-refractivity contribution in [3.05, 3.63) is 16.0 Å². The fraction of sp³-hybridized carbons (Fsp3) is 0.625. The highest BCUT2D eigenvalue weighted by Crippen LogP contribution is 2.09. The molecule has 2 rings (SSSR count). The molecule has 9 nitrogen and oxygen atoms in total. The van der Waals surface area contributed by atoms with Crippen LogP contribution in [0.5, 0.6) is 0 Å². The summed E-state index contributed by atoms with van der Waals surface area (Å²) in [6, 6.07) is -0.574. The van der Waals surface area contributed by atoms with Gasteiger partial charge in [-0.2, -0.15) is 4.79 Å². The predicted octanol–water partition coefficient (Wildman–Crippen LogP) is 0.216. The van der Waals surface area contributed by atoms with Crippen LogP contribution in [0.2, 0.25) is 0 Å². The van der Waals surface area contributed by atoms with E-state index in [-0.39, 0.29) is 5.71 Å². The number of rotatable bonds is 1. The van der Waals surface area contributed by atoms with E-state index in [1.54, 1.807) is 0 Å². The number of carbonyl (C=O) groups excluding carboxylic acids is 2. The highest BCUT2D eigenvalue weighted by molar-refractivity contribution is 6.35. The smallest absolute Gasteiger partial charge is 0.417 e. The lowest BCUT2D eigenvalue weighted by molar-refractivity contribution is -0.139. The molecule has 0 spiro atoms. The quantitative estimate of drug-likeness (QED) is 0.279. The van der Waals surface area contributed by atoms with E-state index < -0.39 is 18.0 Å². The normalized spacial score (nSPS) is 21.6. The van der Waals surface area contributed by atoms with E-state index in [1.807, 2.05) is 0 Å². The highest BCUT2D eigenvalue weighted by atomic mass is 16.5. The van der Waals surface area contributed by atoms with E-state index >= 15 is 0 Å². The largest absolute Gasteiger partial charge is 0.465 e. The van der Waals surface area contributed by atoms with Crippen LogP contribution in [0, 0.1) is 0 Å². The Balaban J connectivity index is 0.000000171. The minimum atomic E-state index is -0.574. The maximum absolute atomic E-state index is 10.5. The van der Waals surface area contributed by atoms with Crippen molar-refractivity contribution in [3.63, 3.8) is 0 Å². The summed E-state index contributed by atoms with van der Waals surface area (Å²) in [6.45, 7) is 0.723. The Morgan fingerprint density at radius 2 is 2.00 bits per heavy atom. The first-order valence-electron chi connectivity index (χ1n) is 4.78. The summed E-state index contributed by atoms with van der Waals surface area (Å²) in [6.07, 6.45) is 0.943. The third kappa shape index (κ3) is 3.60. The lowest BCUT2D eigenvalue weighted by atomic mass is 10.3. The molecular weight excluding hydrogens is 230 g/mol. The van der Waals surface area contributed by atoms with Crippen LogP contribution in [0.4, 0.5) is 0 Å². The van der Waals surface area contributed by atoms with Crippen molar-refractivity contribution in [1.82, 2.24) is 0 Å². The van der Waals surface area contributed by atoms with E-state index in [1.165, 1.54) is 0 Å². The zero-order valence-corrected chi connectivity index (χ0v) is 8.77. The first-order chi connectivity index (χ1) is 8.19. The highest BCUT2D eigenvalue weighted by Gasteiger charge is 2.28. The lowest BCUT2D eigenvalue weighted by Crippen LogP contribution is -2.09. The number of hydrogen-bond acceptors (Lipinski definition) is 5. The molecule has 2 saturated heterocycles. The van der Waals surface area contributed by atoms with Gasteiger partial charge in [0.25, 0.3) is 0 Å². The van der Waals surface area contributed by atoms with Crippen LogP contribution in [0.15, 0.2) is 5.11 Å². The van der Waals surface area contributed by atoms with Crippen LogP contribution < -0.4 is 0 Å². The van der Waals surface area contributed by atoms with Crippen LogP contribution in [0.25, 0.3) is 16.0 Å². The number of hydrogen-bond donors (Lipinski definition) is 0. The van der Waals surface area contributed by atoms with E-state index in [2.05, 4.69) is 24.3 Å². The molecule has 9 heteroatoms. The number of azide groups is 1. The average molecular weight is 239 g/mol. The molecule has 1 atom stereocenters. The van der Waals surface area contributed by atoms with E-state index in [0.717, 1.165) is 0 Å². The molecule has 0 bridgehead atoms. The van der Waals surface area contributed by atoms with Crippen LogP contribution in [-0.2, 0) is 19.1 Å². The first-order valence-corrected chi connectivity index (χ1v) is 4.78. The van der Waals surface area contributed by atoms with Crippen LogP contribution >= 0.6 is 0 Å². The Kier molecular flexibility index (Phi) is 4.68. The Morgan fingerprint density at radius 1 is 1.24 bits per heavy atom.